The third-order valence-electron chi connectivity index (χ3n) is 3.81. The first-order valence-electron chi connectivity index (χ1n) is 7.04. The topological polar surface area (TPSA) is 60.8 Å². The number of phenols is 1. The zero-order valence-corrected chi connectivity index (χ0v) is 13.0. The van der Waals surface area contributed by atoms with Crippen LogP contribution in [0.1, 0.15) is 42.5 Å². The molecule has 1 aromatic carbocycles. The molecule has 0 spiro atoms. The lowest BCUT2D eigenvalue weighted by atomic mass is 9.93. The number of aromatic hydroxyl groups is 1. The van der Waals surface area contributed by atoms with Crippen molar-refractivity contribution in [3.05, 3.63) is 28.2 Å². The smallest absolute Gasteiger partial charge is 0.254 e. The summed E-state index contributed by atoms with van der Waals surface area (Å²) in [5.74, 6) is -0.0582. The van der Waals surface area contributed by atoms with E-state index in [0.29, 0.717) is 16.6 Å². The van der Waals surface area contributed by atoms with Crippen molar-refractivity contribution >= 4 is 21.8 Å². The Morgan fingerprint density at radius 1 is 1.30 bits per heavy atom. The number of phenolic OH excluding ortho intramolecular Hbond substituents is 1. The normalized spacial score (nSPS) is 16.1. The van der Waals surface area contributed by atoms with Crippen LogP contribution in [0.2, 0.25) is 0 Å². The van der Waals surface area contributed by atoms with Gasteiger partial charge in [0.2, 0.25) is 0 Å². The van der Waals surface area contributed by atoms with Crippen molar-refractivity contribution in [1.29, 1.82) is 0 Å². The van der Waals surface area contributed by atoms with Crippen molar-refractivity contribution in [2.45, 2.75) is 38.1 Å². The van der Waals surface area contributed by atoms with Crippen LogP contribution in [0.15, 0.2) is 22.7 Å². The second kappa shape index (κ2) is 7.09. The molecule has 1 fully saturated rings. The Labute approximate surface area is 127 Å². The molecule has 2 N–H and O–H groups in total. The van der Waals surface area contributed by atoms with Crippen molar-refractivity contribution in [2.24, 2.45) is 0 Å². The summed E-state index contributed by atoms with van der Waals surface area (Å²) in [6.07, 6.45) is 5.47. The van der Waals surface area contributed by atoms with Crippen molar-refractivity contribution in [1.82, 2.24) is 4.90 Å². The fourth-order valence-corrected chi connectivity index (χ4v) is 3.01. The third kappa shape index (κ3) is 3.52. The monoisotopic (exact) mass is 341 g/mol. The highest BCUT2D eigenvalue weighted by atomic mass is 79.9. The Morgan fingerprint density at radius 3 is 2.60 bits per heavy atom. The van der Waals surface area contributed by atoms with E-state index in [2.05, 4.69) is 15.9 Å². The maximum atomic E-state index is 12.6. The summed E-state index contributed by atoms with van der Waals surface area (Å²) < 4.78 is 0.570. The summed E-state index contributed by atoms with van der Waals surface area (Å²) in [4.78, 5) is 14.3. The van der Waals surface area contributed by atoms with Gasteiger partial charge < -0.3 is 15.1 Å². The zero-order valence-electron chi connectivity index (χ0n) is 11.4. The van der Waals surface area contributed by atoms with Gasteiger partial charge >= 0.3 is 0 Å². The van der Waals surface area contributed by atoms with Gasteiger partial charge in [-0.25, -0.2) is 0 Å². The lowest BCUT2D eigenvalue weighted by molar-refractivity contribution is 0.0585. The van der Waals surface area contributed by atoms with Crippen molar-refractivity contribution in [2.75, 3.05) is 13.2 Å². The first-order valence-corrected chi connectivity index (χ1v) is 7.83. The molecule has 1 amide bonds. The Balaban J connectivity index is 2.18. The highest BCUT2D eigenvalue weighted by Crippen LogP contribution is 2.27. The lowest BCUT2D eigenvalue weighted by Crippen LogP contribution is -2.43. The predicted octanol–water partition coefficient (Wildman–Crippen LogP) is 2.92. The number of aliphatic hydroxyl groups excluding tert-OH is 1. The van der Waals surface area contributed by atoms with Crippen molar-refractivity contribution < 1.29 is 15.0 Å². The van der Waals surface area contributed by atoms with Crippen molar-refractivity contribution in [3.8, 4) is 5.75 Å². The molecule has 1 aliphatic rings. The lowest BCUT2D eigenvalue weighted by Gasteiger charge is -2.34. The SMILES string of the molecule is O=C(c1ccc(Br)c(O)c1)N(CCO)C1CCCCC1. The van der Waals surface area contributed by atoms with Gasteiger partial charge in [0, 0.05) is 18.2 Å². The molecule has 0 radical (unpaired) electrons. The molecule has 0 bridgehead atoms. The van der Waals surface area contributed by atoms with E-state index in [1.165, 1.54) is 12.5 Å². The molecular formula is C15H20BrNO3. The number of hydrogen-bond donors (Lipinski definition) is 2. The maximum Gasteiger partial charge on any atom is 0.254 e. The number of halogens is 1. The first-order chi connectivity index (χ1) is 9.63. The predicted molar refractivity (Wildman–Crippen MR) is 80.8 cm³/mol. The molecule has 20 heavy (non-hydrogen) atoms. The van der Waals surface area contributed by atoms with Gasteiger partial charge in [0.15, 0.2) is 0 Å². The molecule has 2 rings (SSSR count). The molecule has 0 heterocycles. The number of aliphatic hydroxyl groups is 1. The second-order valence-corrected chi connectivity index (χ2v) is 6.03. The minimum absolute atomic E-state index is 0.0370. The van der Waals surface area contributed by atoms with Crippen LogP contribution in [0, 0.1) is 0 Å². The molecule has 0 atom stereocenters. The van der Waals surface area contributed by atoms with Crippen LogP contribution in [0.4, 0.5) is 0 Å². The molecule has 1 aromatic rings. The van der Waals surface area contributed by atoms with E-state index in [9.17, 15) is 15.0 Å². The number of carbonyl (C=O) groups is 1. The van der Waals surface area contributed by atoms with Crippen LogP contribution in [0.5, 0.6) is 5.75 Å². The molecule has 0 saturated heterocycles. The number of nitrogens with zero attached hydrogens (tertiary/aromatic N) is 1. The molecule has 1 saturated carbocycles. The van der Waals surface area contributed by atoms with Gasteiger partial charge in [0.1, 0.15) is 5.75 Å². The van der Waals surface area contributed by atoms with Crippen LogP contribution < -0.4 is 0 Å². The molecule has 0 aliphatic heterocycles. The summed E-state index contributed by atoms with van der Waals surface area (Å²) in [5.41, 5.74) is 0.463. The number of amides is 1. The van der Waals surface area contributed by atoms with Gasteiger partial charge in [0.25, 0.3) is 5.91 Å². The highest BCUT2D eigenvalue weighted by molar-refractivity contribution is 9.10. The van der Waals surface area contributed by atoms with Gasteiger partial charge in [-0.05, 0) is 47.0 Å². The molecule has 5 heteroatoms. The average molecular weight is 342 g/mol. The molecule has 110 valence electrons. The third-order valence-corrected chi connectivity index (χ3v) is 4.48. The summed E-state index contributed by atoms with van der Waals surface area (Å²) in [6.45, 7) is 0.311. The number of benzene rings is 1. The standard InChI is InChI=1S/C15H20BrNO3/c16-13-7-6-11(10-14(13)19)15(20)17(8-9-18)12-4-2-1-3-5-12/h6-7,10,12,18-19H,1-5,8-9H2. The van der Waals surface area contributed by atoms with E-state index in [4.69, 9.17) is 0 Å². The number of hydrogen-bond acceptors (Lipinski definition) is 3. The maximum absolute atomic E-state index is 12.6. The van der Waals surface area contributed by atoms with Crippen LogP contribution in [-0.4, -0.2) is 40.2 Å². The quantitative estimate of drug-likeness (QED) is 0.885. The van der Waals surface area contributed by atoms with Gasteiger partial charge in [-0.2, -0.15) is 0 Å². The van der Waals surface area contributed by atoms with E-state index < -0.39 is 0 Å². The van der Waals surface area contributed by atoms with Crippen LogP contribution in [0.3, 0.4) is 0 Å². The van der Waals surface area contributed by atoms with E-state index in [1.54, 1.807) is 17.0 Å². The van der Waals surface area contributed by atoms with Gasteiger partial charge in [-0.3, -0.25) is 4.79 Å². The van der Waals surface area contributed by atoms with E-state index in [0.717, 1.165) is 25.7 Å². The Morgan fingerprint density at radius 2 is 2.00 bits per heavy atom. The fraction of sp³-hybridized carbons (Fsp3) is 0.533. The van der Waals surface area contributed by atoms with Crippen LogP contribution in [0.25, 0.3) is 0 Å². The van der Waals surface area contributed by atoms with Gasteiger partial charge in [0.05, 0.1) is 11.1 Å². The van der Waals surface area contributed by atoms with E-state index >= 15 is 0 Å². The molecule has 4 nitrogen and oxygen atoms in total. The molecule has 1 aliphatic carbocycles. The summed E-state index contributed by atoms with van der Waals surface area (Å²) in [7, 11) is 0. The van der Waals surface area contributed by atoms with Gasteiger partial charge in [-0.1, -0.05) is 19.3 Å². The number of carbonyl (C=O) groups excluding carboxylic acids is 1. The summed E-state index contributed by atoms with van der Waals surface area (Å²) in [6, 6.07) is 5.04. The van der Waals surface area contributed by atoms with Crippen molar-refractivity contribution in [3.63, 3.8) is 0 Å². The fourth-order valence-electron chi connectivity index (χ4n) is 2.76. The summed E-state index contributed by atoms with van der Waals surface area (Å²) in [5, 5.41) is 18.9. The van der Waals surface area contributed by atoms with Crippen LogP contribution in [-0.2, 0) is 0 Å². The van der Waals surface area contributed by atoms with Gasteiger partial charge in [-0.15, -0.1) is 0 Å². The summed E-state index contributed by atoms with van der Waals surface area (Å²) >= 11 is 3.21. The second-order valence-electron chi connectivity index (χ2n) is 5.18. The Kier molecular flexibility index (Phi) is 5.43. The average Bonchev–Trinajstić information content (AvgIpc) is 2.48. The van der Waals surface area contributed by atoms with E-state index in [-0.39, 0.29) is 24.3 Å². The van der Waals surface area contributed by atoms with Crippen LogP contribution >= 0.6 is 15.9 Å². The molecule has 0 unspecified atom stereocenters. The zero-order chi connectivity index (χ0) is 14.5. The Hall–Kier alpha value is -1.07. The highest BCUT2D eigenvalue weighted by Gasteiger charge is 2.26. The molecule has 0 aromatic heterocycles. The largest absolute Gasteiger partial charge is 0.507 e. The minimum Gasteiger partial charge on any atom is -0.507 e. The number of rotatable bonds is 4. The minimum atomic E-state index is -0.117. The Bertz CT molecular complexity index is 472. The molecular weight excluding hydrogens is 322 g/mol. The van der Waals surface area contributed by atoms with E-state index in [1.807, 2.05) is 0 Å². The first kappa shape index (κ1) is 15.3.